The molecule has 0 aliphatic heterocycles. The number of carbonyl (C=O) groups is 3. The van der Waals surface area contributed by atoms with Gasteiger partial charge in [0.2, 0.25) is 0 Å². The first-order valence-corrected chi connectivity index (χ1v) is 18.0. The van der Waals surface area contributed by atoms with Gasteiger partial charge in [-0.2, -0.15) is 35.9 Å². The fourth-order valence-corrected chi connectivity index (χ4v) is 5.53. The highest BCUT2D eigenvalue weighted by molar-refractivity contribution is 6.07. The molecule has 64 heavy (non-hydrogen) atoms. The van der Waals surface area contributed by atoms with Crippen LogP contribution in [0.3, 0.4) is 0 Å². The lowest BCUT2D eigenvalue weighted by molar-refractivity contribution is -0.142. The van der Waals surface area contributed by atoms with Crippen molar-refractivity contribution in [3.63, 3.8) is 0 Å². The molecular weight excluding hydrogens is 878 g/mol. The average molecular weight is 911 g/mol. The molecule has 2 amide bonds. The summed E-state index contributed by atoms with van der Waals surface area (Å²) < 4.78 is 106. The van der Waals surface area contributed by atoms with Crippen LogP contribution in [0.5, 0.6) is 0 Å². The van der Waals surface area contributed by atoms with Gasteiger partial charge in [0.15, 0.2) is 24.1 Å². The molecule has 0 saturated carbocycles. The van der Waals surface area contributed by atoms with E-state index in [-0.39, 0.29) is 36.8 Å². The van der Waals surface area contributed by atoms with E-state index in [0.29, 0.717) is 21.9 Å². The van der Waals surface area contributed by atoms with Crippen molar-refractivity contribution in [2.45, 2.75) is 65.1 Å². The summed E-state index contributed by atoms with van der Waals surface area (Å²) in [5, 5.41) is 44.4. The third-order valence-electron chi connectivity index (χ3n) is 8.35. The van der Waals surface area contributed by atoms with Gasteiger partial charge in [0.1, 0.15) is 24.6 Å². The smallest absolute Gasteiger partial charge is 0.410 e. The Labute approximate surface area is 353 Å². The third kappa shape index (κ3) is 10.7. The number of hydrogen-bond donors (Lipinski definition) is 0. The second-order valence-electron chi connectivity index (χ2n) is 13.0. The summed E-state index contributed by atoms with van der Waals surface area (Å²) >= 11 is 0. The van der Waals surface area contributed by atoms with Crippen molar-refractivity contribution < 1.29 is 59.7 Å². The van der Waals surface area contributed by atoms with Gasteiger partial charge in [-0.05, 0) is 69.4 Å². The van der Waals surface area contributed by atoms with Crippen molar-refractivity contribution in [2.75, 3.05) is 9.80 Å². The monoisotopic (exact) mass is 910 g/mol. The van der Waals surface area contributed by atoms with Gasteiger partial charge in [-0.3, -0.25) is 9.59 Å². The molecule has 0 fully saturated rings. The zero-order chi connectivity index (χ0) is 46.5. The van der Waals surface area contributed by atoms with Gasteiger partial charge in [0.25, 0.3) is 23.7 Å². The maximum atomic E-state index is 14.3. The van der Waals surface area contributed by atoms with Gasteiger partial charge >= 0.3 is 18.5 Å². The van der Waals surface area contributed by atoms with E-state index in [1.54, 1.807) is 0 Å². The number of carbonyl (C=O) groups excluding carboxylic acids is 3. The molecule has 6 heterocycles. The number of nitrogens with zero attached hydrogens (tertiary/aromatic N) is 20. The van der Waals surface area contributed by atoms with E-state index in [2.05, 4.69) is 71.8 Å². The van der Waals surface area contributed by atoms with E-state index >= 15 is 0 Å². The van der Waals surface area contributed by atoms with Crippen LogP contribution in [0.15, 0.2) is 24.3 Å². The van der Waals surface area contributed by atoms with Gasteiger partial charge < -0.3 is 18.9 Å². The second kappa shape index (κ2) is 18.7. The Hall–Kier alpha value is -7.71. The van der Waals surface area contributed by atoms with Gasteiger partial charge in [-0.25, -0.2) is 33.9 Å². The van der Waals surface area contributed by atoms with Crippen molar-refractivity contribution in [2.24, 2.45) is 28.2 Å². The SMILES string of the molecule is CC(OC(=O)OC(C)N(C(=O)c1ccc(C(F)(F)F)nc1COCc1nnn(C)n1)c1nnnn1C)N(C(=O)c1ccc(C(F)(F)F)nc1COCc1nnn(C)n1)c1nnnn1C. The number of hydrogen-bond acceptors (Lipinski definition) is 21. The number of pyridine rings is 2. The molecule has 0 aliphatic rings. The van der Waals surface area contributed by atoms with Crippen LogP contribution in [0.2, 0.25) is 0 Å². The predicted molar refractivity (Wildman–Crippen MR) is 191 cm³/mol. The summed E-state index contributed by atoms with van der Waals surface area (Å²) in [6.07, 6.45) is -14.9. The van der Waals surface area contributed by atoms with E-state index in [0.717, 1.165) is 44.9 Å². The average Bonchev–Trinajstić information content (AvgIpc) is 4.04. The first-order chi connectivity index (χ1) is 30.2. The van der Waals surface area contributed by atoms with E-state index in [1.807, 2.05) is 0 Å². The van der Waals surface area contributed by atoms with E-state index in [4.69, 9.17) is 18.9 Å². The molecule has 6 aromatic heterocycles. The number of alkyl halides is 6. The molecule has 0 saturated heterocycles. The van der Waals surface area contributed by atoms with Crippen molar-refractivity contribution >= 4 is 29.9 Å². The first kappa shape index (κ1) is 45.8. The highest BCUT2D eigenvalue weighted by Crippen LogP contribution is 2.31. The summed E-state index contributed by atoms with van der Waals surface area (Å²) in [6, 6.07) is 2.73. The Balaban J connectivity index is 1.26. The van der Waals surface area contributed by atoms with Gasteiger partial charge in [0.05, 0.1) is 49.8 Å². The fourth-order valence-electron chi connectivity index (χ4n) is 5.53. The van der Waals surface area contributed by atoms with Crippen molar-refractivity contribution in [1.29, 1.82) is 0 Å². The third-order valence-corrected chi connectivity index (χ3v) is 8.35. The Morgan fingerprint density at radius 2 is 0.984 bits per heavy atom. The lowest BCUT2D eigenvalue weighted by Crippen LogP contribution is -2.46. The number of tetrazole rings is 4. The fraction of sp³-hybridized carbons (Fsp3) is 0.452. The molecule has 0 bridgehead atoms. The number of anilines is 2. The Kier molecular flexibility index (Phi) is 13.4. The lowest BCUT2D eigenvalue weighted by atomic mass is 10.1. The quantitative estimate of drug-likeness (QED) is 0.0739. The predicted octanol–water partition coefficient (Wildman–Crippen LogP) is 0.881. The maximum absolute atomic E-state index is 14.3. The topological polar surface area (TPSA) is 295 Å². The highest BCUT2D eigenvalue weighted by atomic mass is 19.4. The van der Waals surface area contributed by atoms with Crippen LogP contribution in [-0.4, -0.2) is 121 Å². The number of rotatable bonds is 16. The molecule has 0 radical (unpaired) electrons. The summed E-state index contributed by atoms with van der Waals surface area (Å²) in [6.45, 7) is 0.276. The van der Waals surface area contributed by atoms with Crippen LogP contribution in [0.25, 0.3) is 0 Å². The van der Waals surface area contributed by atoms with Crippen LogP contribution >= 0.6 is 0 Å². The number of amides is 2. The van der Waals surface area contributed by atoms with Crippen molar-refractivity contribution in [1.82, 2.24) is 90.8 Å². The molecule has 2 atom stereocenters. The molecule has 0 aromatic carbocycles. The van der Waals surface area contributed by atoms with Crippen LogP contribution in [0.4, 0.5) is 43.0 Å². The molecular formula is C31H32F6N20O7. The summed E-state index contributed by atoms with van der Waals surface area (Å²) in [5.41, 5.74) is -4.68. The minimum atomic E-state index is -4.93. The van der Waals surface area contributed by atoms with Gasteiger partial charge in [-0.15, -0.1) is 20.4 Å². The zero-order valence-electron chi connectivity index (χ0n) is 33.9. The Bertz CT molecular complexity index is 2440. The molecule has 33 heteroatoms. The second-order valence-corrected chi connectivity index (χ2v) is 13.0. The zero-order valence-corrected chi connectivity index (χ0v) is 33.9. The number of ether oxygens (including phenoxy) is 4. The molecule has 0 spiro atoms. The Morgan fingerprint density at radius 3 is 1.30 bits per heavy atom. The molecule has 0 aliphatic carbocycles. The number of aromatic nitrogens is 18. The normalized spacial score (nSPS) is 12.8. The standard InChI is InChI=1S/C31H32F6N20O7/c1-15(56(27-42-46-50-52(27)3)25(58)17-7-9-21(30(32,33)34)38-19(17)11-61-13-23-40-48-54(5)44-23)63-29(60)64-16(2)57(28-43-47-51-53(28)4)26(59)18-8-10-22(31(35,36)37)39-20(18)12-62-14-24-41-49-55(6)45-24/h7-10,15-16H,11-14H2,1-6H3. The van der Waals surface area contributed by atoms with Crippen molar-refractivity contribution in [3.8, 4) is 0 Å². The van der Waals surface area contributed by atoms with Crippen LogP contribution < -0.4 is 9.80 Å². The summed E-state index contributed by atoms with van der Waals surface area (Å²) in [5.74, 6) is -2.89. The highest BCUT2D eigenvalue weighted by Gasteiger charge is 2.39. The van der Waals surface area contributed by atoms with Crippen molar-refractivity contribution in [3.05, 3.63) is 69.8 Å². The molecule has 2 unspecified atom stereocenters. The van der Waals surface area contributed by atoms with Gasteiger partial charge in [-0.1, -0.05) is 10.2 Å². The molecule has 340 valence electrons. The molecule has 6 rings (SSSR count). The molecule has 6 aromatic rings. The largest absolute Gasteiger partial charge is 0.512 e. The first-order valence-electron chi connectivity index (χ1n) is 18.0. The molecule has 0 N–H and O–H groups in total. The van der Waals surface area contributed by atoms with Crippen LogP contribution in [0, 0.1) is 0 Å². The summed E-state index contributed by atoms with van der Waals surface area (Å²) in [4.78, 5) is 52.9. The lowest BCUT2D eigenvalue weighted by Gasteiger charge is -2.30. The van der Waals surface area contributed by atoms with E-state index in [9.17, 15) is 40.7 Å². The minimum Gasteiger partial charge on any atom is -0.410 e. The van der Waals surface area contributed by atoms with Gasteiger partial charge in [0, 0.05) is 14.1 Å². The van der Waals surface area contributed by atoms with E-state index < -0.39 is 89.9 Å². The van der Waals surface area contributed by atoms with Crippen LogP contribution in [-0.2, 0) is 85.9 Å². The van der Waals surface area contributed by atoms with E-state index in [1.165, 1.54) is 28.2 Å². The number of halogens is 6. The summed E-state index contributed by atoms with van der Waals surface area (Å²) in [7, 11) is 5.54. The number of aryl methyl sites for hydroxylation is 4. The minimum absolute atomic E-state index is 0.0671. The Morgan fingerprint density at radius 1 is 0.594 bits per heavy atom. The molecule has 27 nitrogen and oxygen atoms in total. The maximum Gasteiger partial charge on any atom is 0.512 e. The van der Waals surface area contributed by atoms with Crippen LogP contribution in [0.1, 0.15) is 69.0 Å².